The monoisotopic (exact) mass is 1880 g/mol. The van der Waals surface area contributed by atoms with E-state index in [0.29, 0.717) is 52.4 Å². The zero-order valence-electron chi connectivity index (χ0n) is 78.6. The highest BCUT2D eigenvalue weighted by atomic mass is 32.1. The van der Waals surface area contributed by atoms with Gasteiger partial charge in [0.1, 0.15) is 5.58 Å². The highest BCUT2D eigenvalue weighted by Gasteiger charge is 2.30. The van der Waals surface area contributed by atoms with Crippen LogP contribution in [0.25, 0.3) is 271 Å². The summed E-state index contributed by atoms with van der Waals surface area (Å²) in [5.74, 6) is 5.84. The number of para-hydroxylation sites is 3. The quantitative estimate of drug-likeness (QED) is 0.109. The number of nitrogens with zero attached hydrogens (tertiary/aromatic N) is 12. The van der Waals surface area contributed by atoms with Crippen molar-refractivity contribution in [1.82, 2.24) is 58.6 Å². The van der Waals surface area contributed by atoms with Crippen LogP contribution >= 0.6 is 11.3 Å². The lowest BCUT2D eigenvalue weighted by Crippen LogP contribution is -2.01. The minimum Gasteiger partial charge on any atom is -0.454 e. The van der Waals surface area contributed by atoms with Crippen molar-refractivity contribution >= 4 is 140 Å². The maximum Gasteiger partial charge on any atom is 0.164 e. The van der Waals surface area contributed by atoms with E-state index in [4.69, 9.17) is 49.3 Å². The Bertz CT molecular complexity index is 9620. The summed E-state index contributed by atoms with van der Waals surface area (Å²) in [6, 6.07) is 169. The largest absolute Gasteiger partial charge is 0.454 e. The van der Waals surface area contributed by atoms with Gasteiger partial charge in [0.15, 0.2) is 58.0 Å². The maximum absolute atomic E-state index is 6.72. The molecule has 0 aliphatic heterocycles. The second-order valence-corrected chi connectivity index (χ2v) is 37.9. The molecule has 682 valence electrons. The molecule has 0 bridgehead atoms. The van der Waals surface area contributed by atoms with E-state index in [1.54, 1.807) is 0 Å². The van der Waals surface area contributed by atoms with Crippen LogP contribution in [-0.4, -0.2) is 58.6 Å². The molecule has 146 heavy (non-hydrogen) atoms. The van der Waals surface area contributed by atoms with E-state index >= 15 is 0 Å². The van der Waals surface area contributed by atoms with E-state index < -0.39 is 0 Å². The molecule has 1 aliphatic rings. The number of benzene rings is 21. The number of hydrogen-bond acceptors (Lipinski definition) is 11. The third-order valence-corrected chi connectivity index (χ3v) is 29.5. The third-order valence-electron chi connectivity index (χ3n) is 28.4. The summed E-state index contributed by atoms with van der Waals surface area (Å²) in [6.07, 6.45) is 0.915. The van der Waals surface area contributed by atoms with E-state index in [1.807, 2.05) is 199 Å². The van der Waals surface area contributed by atoms with Gasteiger partial charge in [-0.25, -0.2) is 44.9 Å². The highest BCUT2D eigenvalue weighted by Crippen LogP contribution is 2.52. The van der Waals surface area contributed by atoms with Crippen LogP contribution < -0.4 is 0 Å². The van der Waals surface area contributed by atoms with Crippen molar-refractivity contribution < 1.29 is 4.42 Å². The first-order valence-electron chi connectivity index (χ1n) is 49.1. The number of rotatable bonds is 13. The van der Waals surface area contributed by atoms with Gasteiger partial charge in [-0.15, -0.1) is 11.3 Å². The van der Waals surface area contributed by atoms with Crippen molar-refractivity contribution in [3.05, 3.63) is 496 Å². The molecule has 0 fully saturated rings. The van der Waals surface area contributed by atoms with Crippen molar-refractivity contribution in [2.24, 2.45) is 0 Å². The fourth-order valence-corrected chi connectivity index (χ4v) is 23.0. The molecule has 8 aromatic heterocycles. The average Bonchev–Trinajstić information content (AvgIpc) is 1.54. The van der Waals surface area contributed by atoms with Crippen LogP contribution in [-0.2, 0) is 6.42 Å². The zero-order chi connectivity index (χ0) is 96.2. The molecule has 0 radical (unpaired) electrons. The molecule has 0 spiro atoms. The predicted octanol–water partition coefficient (Wildman–Crippen LogP) is 33.7. The minimum absolute atomic E-state index is 0.627. The topological polar surface area (TPSA) is 144 Å². The number of furan rings is 1. The van der Waals surface area contributed by atoms with Crippen molar-refractivity contribution in [2.75, 3.05) is 0 Å². The molecular formula is C132H82N12OS. The van der Waals surface area contributed by atoms with E-state index in [9.17, 15) is 0 Å². The smallest absolute Gasteiger partial charge is 0.164 e. The summed E-state index contributed by atoms with van der Waals surface area (Å²) in [4.78, 5) is 44.4. The molecule has 30 rings (SSSR count). The van der Waals surface area contributed by atoms with Gasteiger partial charge in [0.05, 0.1) is 37.8 Å². The van der Waals surface area contributed by atoms with Gasteiger partial charge in [0, 0.05) is 132 Å². The van der Waals surface area contributed by atoms with Crippen molar-refractivity contribution in [3.63, 3.8) is 0 Å². The standard InChI is InChI=1S/C46H30N4.C43H26N4O.C43H26N4S/c1-4-12-30(13-5-1)34-22-25-39-40-27-26-38-37-19-11-10-18-35(37)28-41(38)43(40)50(42(39)29-34)36-23-20-33(21-24-36)46-48-44(31-14-6-2-7-15-31)47-45(49-46)32-16-8-3-9-17-32;2*1-3-13-27(14-4-1)41-44-42(28-15-5-2-6-16-28)46-43(45-41)29-23-25-30(26-24-29)47-35-21-11-9-19-33(35)37-31-17-7-8-18-32(31)38-34-20-10-12-22-36(34)48-40(38)39(37)47/h1-27,29H,28H2;2*1-26H. The first kappa shape index (κ1) is 84.6. The molecule has 0 saturated carbocycles. The summed E-state index contributed by atoms with van der Waals surface area (Å²) in [6.45, 7) is 0. The second-order valence-electron chi connectivity index (χ2n) is 36.9. The van der Waals surface area contributed by atoms with Crippen LogP contribution in [0.5, 0.6) is 0 Å². The van der Waals surface area contributed by atoms with Crippen LogP contribution in [0.4, 0.5) is 0 Å². The Morgan fingerprint density at radius 2 is 0.514 bits per heavy atom. The lowest BCUT2D eigenvalue weighted by atomic mass is 9.99. The lowest BCUT2D eigenvalue weighted by Gasteiger charge is -2.13. The van der Waals surface area contributed by atoms with E-state index in [0.717, 1.165) is 107 Å². The second kappa shape index (κ2) is 35.4. The highest BCUT2D eigenvalue weighted by molar-refractivity contribution is 7.27. The molecule has 14 heteroatoms. The van der Waals surface area contributed by atoms with Gasteiger partial charge in [0.25, 0.3) is 0 Å². The molecular weight excluding hydrogens is 1800 g/mol. The Labute approximate surface area is 842 Å². The molecule has 0 unspecified atom stereocenters. The molecule has 0 saturated heterocycles. The zero-order valence-corrected chi connectivity index (χ0v) is 79.4. The summed E-state index contributed by atoms with van der Waals surface area (Å²) in [5.41, 5.74) is 28.4. The summed E-state index contributed by atoms with van der Waals surface area (Å²) in [7, 11) is 0. The molecule has 0 atom stereocenters. The Morgan fingerprint density at radius 1 is 0.199 bits per heavy atom. The van der Waals surface area contributed by atoms with Crippen molar-refractivity contribution in [1.29, 1.82) is 0 Å². The Balaban J connectivity index is 0.000000106. The predicted molar refractivity (Wildman–Crippen MR) is 600 cm³/mol. The van der Waals surface area contributed by atoms with Gasteiger partial charge < -0.3 is 18.1 Å². The summed E-state index contributed by atoms with van der Waals surface area (Å²) >= 11 is 1.88. The fraction of sp³-hybridized carbons (Fsp3) is 0.00758. The van der Waals surface area contributed by atoms with Crippen LogP contribution in [0.1, 0.15) is 11.1 Å². The third kappa shape index (κ3) is 14.6. The van der Waals surface area contributed by atoms with Gasteiger partial charge in [0.2, 0.25) is 0 Å². The average molecular weight is 1880 g/mol. The van der Waals surface area contributed by atoms with Gasteiger partial charge >= 0.3 is 0 Å². The van der Waals surface area contributed by atoms with Crippen LogP contribution in [0, 0.1) is 0 Å². The SMILES string of the molecule is c1ccc(-c2ccc3c4ccc5c(c4n(-c4ccc(-c6nc(-c7ccccc7)nc(-c7ccccc7)n6)cc4)c3c2)Cc2ccccc2-5)cc1.c1ccc(-c2nc(-c3ccccc3)nc(-c3ccc(-n4c5ccccc5c5c6ccccc6c6c7ccccc7oc6c54)cc3)n2)cc1.c1ccc(-c2nc(-c3ccccc3)nc(-c3ccc(-n4c5ccccc5c5c6ccccc6c6c7ccccc7sc6c54)cc3)n2)cc1. The first-order chi connectivity index (χ1) is 72.4. The minimum atomic E-state index is 0.627. The van der Waals surface area contributed by atoms with Crippen molar-refractivity contribution in [3.8, 4) is 142 Å². The number of thiophene rings is 1. The van der Waals surface area contributed by atoms with Crippen LogP contribution in [0.15, 0.2) is 490 Å². The number of hydrogen-bond donors (Lipinski definition) is 0. The molecule has 0 N–H and O–H groups in total. The molecule has 8 heterocycles. The lowest BCUT2D eigenvalue weighted by molar-refractivity contribution is 0.671. The summed E-state index contributed by atoms with van der Waals surface area (Å²) in [5, 5.41) is 17.3. The molecule has 13 nitrogen and oxygen atoms in total. The molecule has 0 amide bonds. The number of fused-ring (bicyclic) bond motifs is 27. The van der Waals surface area contributed by atoms with Crippen LogP contribution in [0.3, 0.4) is 0 Å². The molecule has 1 aliphatic carbocycles. The number of aromatic nitrogens is 12. The van der Waals surface area contributed by atoms with E-state index in [1.165, 1.54) is 129 Å². The van der Waals surface area contributed by atoms with E-state index in [-0.39, 0.29) is 0 Å². The van der Waals surface area contributed by atoms with Gasteiger partial charge in [-0.3, -0.25) is 0 Å². The van der Waals surface area contributed by atoms with Crippen molar-refractivity contribution in [2.45, 2.75) is 6.42 Å². The maximum atomic E-state index is 6.72. The molecule has 21 aromatic carbocycles. The normalized spacial score (nSPS) is 11.8. The van der Waals surface area contributed by atoms with Crippen LogP contribution in [0.2, 0.25) is 0 Å². The Morgan fingerprint density at radius 3 is 0.952 bits per heavy atom. The van der Waals surface area contributed by atoms with E-state index in [2.05, 4.69) is 311 Å². The van der Waals surface area contributed by atoms with Gasteiger partial charge in [-0.2, -0.15) is 0 Å². The molecule has 29 aromatic rings. The Hall–Kier alpha value is -19.4. The fourth-order valence-electron chi connectivity index (χ4n) is 21.7. The van der Waals surface area contributed by atoms with Gasteiger partial charge in [-0.1, -0.05) is 382 Å². The summed E-state index contributed by atoms with van der Waals surface area (Å²) < 4.78 is 16.6. The first-order valence-corrected chi connectivity index (χ1v) is 49.9. The van der Waals surface area contributed by atoms with Gasteiger partial charge in [-0.05, 0) is 158 Å². The Kier molecular flexibility index (Phi) is 20.5.